The van der Waals surface area contributed by atoms with E-state index >= 15 is 0 Å². The monoisotopic (exact) mass is 776 g/mol. The fourth-order valence-electron chi connectivity index (χ4n) is 10.2. The van der Waals surface area contributed by atoms with Crippen LogP contribution in [0.4, 0.5) is 34.1 Å². The highest BCUT2D eigenvalue weighted by Gasteiger charge is 2.51. The van der Waals surface area contributed by atoms with E-state index in [1.165, 1.54) is 77.8 Å². The molecule has 286 valence electrons. The molecule has 12 rings (SSSR count). The molecule has 1 heterocycles. The molecule has 0 unspecified atom stereocenters. The molecule has 0 atom stereocenters. The molecule has 0 saturated heterocycles. The van der Waals surface area contributed by atoms with Crippen LogP contribution in [0.15, 0.2) is 243 Å². The van der Waals surface area contributed by atoms with E-state index in [2.05, 4.69) is 252 Å². The van der Waals surface area contributed by atoms with Gasteiger partial charge in [-0.3, -0.25) is 0 Å². The van der Waals surface area contributed by atoms with Crippen molar-refractivity contribution >= 4 is 44.9 Å². The number of rotatable bonds is 6. The van der Waals surface area contributed by atoms with Crippen LogP contribution in [0.1, 0.15) is 22.3 Å². The molecule has 0 N–H and O–H groups in total. The summed E-state index contributed by atoms with van der Waals surface area (Å²) < 4.78 is 0. The summed E-state index contributed by atoms with van der Waals surface area (Å²) in [6, 6.07) is 88.9. The zero-order valence-corrected chi connectivity index (χ0v) is 33.5. The van der Waals surface area contributed by atoms with Crippen molar-refractivity contribution in [2.75, 3.05) is 9.80 Å². The highest BCUT2D eigenvalue weighted by molar-refractivity contribution is 5.98. The Morgan fingerprint density at radius 3 is 1.49 bits per heavy atom. The molecule has 10 aromatic carbocycles. The van der Waals surface area contributed by atoms with E-state index in [0.717, 1.165) is 22.7 Å². The summed E-state index contributed by atoms with van der Waals surface area (Å²) in [6.45, 7) is 0. The topological polar surface area (TPSA) is 6.48 Å². The lowest BCUT2D eigenvalue weighted by molar-refractivity contribution is 0.753. The number of benzene rings is 10. The van der Waals surface area contributed by atoms with Crippen LogP contribution in [0.3, 0.4) is 0 Å². The molecule has 0 aromatic heterocycles. The van der Waals surface area contributed by atoms with Gasteiger partial charge in [-0.05, 0) is 139 Å². The largest absolute Gasteiger partial charge is 0.310 e. The Bertz CT molecular complexity index is 3200. The smallest absolute Gasteiger partial charge is 0.0754 e. The predicted molar refractivity (Wildman–Crippen MR) is 255 cm³/mol. The number of hydrogen-bond donors (Lipinski definition) is 0. The van der Waals surface area contributed by atoms with Crippen LogP contribution in [0.25, 0.3) is 44.2 Å². The molecule has 2 nitrogen and oxygen atoms in total. The number of para-hydroxylation sites is 4. The lowest BCUT2D eigenvalue weighted by Gasteiger charge is -2.45. The Morgan fingerprint density at radius 2 is 0.770 bits per heavy atom. The molecule has 2 heteroatoms. The van der Waals surface area contributed by atoms with Crippen molar-refractivity contribution in [1.29, 1.82) is 0 Å². The van der Waals surface area contributed by atoms with E-state index in [9.17, 15) is 0 Å². The molecule has 0 bridgehead atoms. The second-order valence-electron chi connectivity index (χ2n) is 16.1. The van der Waals surface area contributed by atoms with Gasteiger partial charge in [0, 0.05) is 22.7 Å². The average Bonchev–Trinajstić information content (AvgIpc) is 3.63. The molecule has 2 aliphatic rings. The summed E-state index contributed by atoms with van der Waals surface area (Å²) in [6.07, 6.45) is 0. The number of fused-ring (bicyclic) bond motifs is 10. The van der Waals surface area contributed by atoms with Crippen molar-refractivity contribution in [1.82, 2.24) is 0 Å². The van der Waals surface area contributed by atoms with Crippen LogP contribution in [0, 0.1) is 0 Å². The van der Waals surface area contributed by atoms with Gasteiger partial charge in [-0.15, -0.1) is 0 Å². The normalized spacial score (nSPS) is 13.0. The van der Waals surface area contributed by atoms with Crippen molar-refractivity contribution in [3.05, 3.63) is 265 Å². The molecule has 0 fully saturated rings. The Kier molecular flexibility index (Phi) is 8.11. The van der Waals surface area contributed by atoms with Crippen LogP contribution in [-0.4, -0.2) is 0 Å². The molecule has 0 saturated carbocycles. The van der Waals surface area contributed by atoms with E-state index in [1.807, 2.05) is 0 Å². The van der Waals surface area contributed by atoms with E-state index in [4.69, 9.17) is 0 Å². The van der Waals surface area contributed by atoms with Gasteiger partial charge in [0.25, 0.3) is 0 Å². The summed E-state index contributed by atoms with van der Waals surface area (Å²) >= 11 is 0. The molecule has 0 amide bonds. The van der Waals surface area contributed by atoms with Gasteiger partial charge in [0.05, 0.1) is 16.8 Å². The van der Waals surface area contributed by atoms with Crippen molar-refractivity contribution in [3.8, 4) is 33.4 Å². The van der Waals surface area contributed by atoms with E-state index < -0.39 is 5.41 Å². The fraction of sp³-hybridized carbons (Fsp3) is 0.0169. The number of nitrogens with zero attached hydrogens (tertiary/aromatic N) is 2. The summed E-state index contributed by atoms with van der Waals surface area (Å²) in [5.74, 6) is 0. The van der Waals surface area contributed by atoms with Gasteiger partial charge in [0.1, 0.15) is 0 Å². The van der Waals surface area contributed by atoms with Crippen LogP contribution in [0.2, 0.25) is 0 Å². The van der Waals surface area contributed by atoms with E-state index in [0.29, 0.717) is 0 Å². The second kappa shape index (κ2) is 14.1. The van der Waals surface area contributed by atoms with Gasteiger partial charge in [-0.1, -0.05) is 170 Å². The average molecular weight is 777 g/mol. The molecular weight excluding hydrogens is 737 g/mol. The summed E-state index contributed by atoms with van der Waals surface area (Å²) in [7, 11) is 0. The Hall–Kier alpha value is -7.94. The summed E-state index contributed by atoms with van der Waals surface area (Å²) in [5, 5.41) is 2.41. The summed E-state index contributed by atoms with van der Waals surface area (Å²) in [5.41, 5.74) is 19.2. The Labute approximate surface area is 356 Å². The third kappa shape index (κ3) is 5.50. The minimum Gasteiger partial charge on any atom is -0.310 e. The highest BCUT2D eigenvalue weighted by Crippen LogP contribution is 2.63. The quantitative estimate of drug-likeness (QED) is 0.166. The van der Waals surface area contributed by atoms with Crippen molar-refractivity contribution in [2.24, 2.45) is 0 Å². The van der Waals surface area contributed by atoms with E-state index in [1.54, 1.807) is 0 Å². The van der Waals surface area contributed by atoms with Gasteiger partial charge in [0.2, 0.25) is 0 Å². The van der Waals surface area contributed by atoms with Crippen LogP contribution < -0.4 is 9.80 Å². The first-order chi connectivity index (χ1) is 30.3. The van der Waals surface area contributed by atoms with E-state index in [-0.39, 0.29) is 0 Å². The van der Waals surface area contributed by atoms with Gasteiger partial charge < -0.3 is 9.80 Å². The van der Waals surface area contributed by atoms with Gasteiger partial charge in [-0.2, -0.15) is 0 Å². The highest BCUT2D eigenvalue weighted by atomic mass is 15.2. The van der Waals surface area contributed by atoms with Crippen LogP contribution >= 0.6 is 0 Å². The van der Waals surface area contributed by atoms with Crippen molar-refractivity contribution < 1.29 is 0 Å². The van der Waals surface area contributed by atoms with Crippen LogP contribution in [-0.2, 0) is 5.41 Å². The lowest BCUT2D eigenvalue weighted by Crippen LogP contribution is -2.36. The molecule has 1 aliphatic heterocycles. The maximum absolute atomic E-state index is 2.44. The minimum absolute atomic E-state index is 0.463. The SMILES string of the molecule is c1ccc(-c2ccc(N(c3ccccc3)c3ccc4cc(-c5ccc6c(c5)-c5ccccc5C65c6ccccc6N(c6ccccc6)c6ccccc65)ccc4c3)cc2)cc1. The van der Waals surface area contributed by atoms with Gasteiger partial charge in [0.15, 0.2) is 0 Å². The Balaban J connectivity index is 0.955. The first-order valence-corrected chi connectivity index (χ1v) is 21.1. The molecule has 1 aliphatic carbocycles. The third-order valence-corrected chi connectivity index (χ3v) is 12.8. The molecule has 0 radical (unpaired) electrons. The Morgan fingerprint density at radius 1 is 0.295 bits per heavy atom. The first-order valence-electron chi connectivity index (χ1n) is 21.1. The molecular formula is C59H40N2. The first kappa shape index (κ1) is 35.0. The van der Waals surface area contributed by atoms with Gasteiger partial charge >= 0.3 is 0 Å². The predicted octanol–water partition coefficient (Wildman–Crippen LogP) is 15.8. The van der Waals surface area contributed by atoms with Crippen LogP contribution in [0.5, 0.6) is 0 Å². The minimum atomic E-state index is -0.463. The molecule has 1 spiro atoms. The van der Waals surface area contributed by atoms with Gasteiger partial charge in [-0.25, -0.2) is 0 Å². The number of anilines is 6. The summed E-state index contributed by atoms with van der Waals surface area (Å²) in [4.78, 5) is 4.78. The maximum atomic E-state index is 2.44. The maximum Gasteiger partial charge on any atom is 0.0754 e. The fourth-order valence-corrected chi connectivity index (χ4v) is 10.2. The van der Waals surface area contributed by atoms with Crippen molar-refractivity contribution in [3.63, 3.8) is 0 Å². The molecule has 10 aromatic rings. The molecule has 61 heavy (non-hydrogen) atoms. The lowest BCUT2D eigenvalue weighted by atomic mass is 9.64. The number of hydrogen-bond acceptors (Lipinski definition) is 2. The standard InChI is InChI=1S/C59H40N2/c1-4-16-41(17-5-1)42-30-34-49(35-31-42)60(47-18-6-2-7-19-47)50-36-32-44-38-43(28-29-45(44)39-50)46-33-37-54-52(40-46)51-22-10-11-23-53(51)59(54)55-24-12-14-26-57(55)61(48-20-8-3-9-21-48)58-27-15-13-25-56(58)59/h1-40H. The zero-order chi connectivity index (χ0) is 40.3. The second-order valence-corrected chi connectivity index (χ2v) is 16.1. The zero-order valence-electron chi connectivity index (χ0n) is 33.5. The third-order valence-electron chi connectivity index (χ3n) is 12.8. The van der Waals surface area contributed by atoms with Crippen molar-refractivity contribution in [2.45, 2.75) is 5.41 Å².